The fourth-order valence-electron chi connectivity index (χ4n) is 6.02. The highest BCUT2D eigenvalue weighted by Gasteiger charge is 2.52. The standard InChI is InChI=1S/C32H31ClF5N3O2/c1-18-9-12-23(16-25(18)33)40-30(42)24-15-20(32(36,37)38)17-41(31(43)28-26(34)7-4-8-27(28)35)29(24)19-10-13-22(14-11-19)39-21-5-2-3-6-21/h4,7-14,16,20-21,24,29,39H,2-3,5-6,15,17H2,1H3,(H,40,42)/t20-,24+,29+/m1/s1. The smallest absolute Gasteiger partial charge is 0.382 e. The molecule has 0 bridgehead atoms. The molecule has 0 aromatic heterocycles. The molecule has 1 aliphatic heterocycles. The summed E-state index contributed by atoms with van der Waals surface area (Å²) in [6.07, 6.45) is -1.14. The van der Waals surface area contributed by atoms with E-state index in [2.05, 4.69) is 10.6 Å². The number of hydrogen-bond acceptors (Lipinski definition) is 3. The Hall–Kier alpha value is -3.66. The molecule has 5 nitrogen and oxygen atoms in total. The average Bonchev–Trinajstić information content (AvgIpc) is 3.47. The molecule has 43 heavy (non-hydrogen) atoms. The Bertz CT molecular complexity index is 1470. The van der Waals surface area contributed by atoms with E-state index in [1.54, 1.807) is 43.3 Å². The van der Waals surface area contributed by atoms with Crippen LogP contribution in [0.2, 0.25) is 5.02 Å². The summed E-state index contributed by atoms with van der Waals surface area (Å²) in [7, 11) is 0. The highest BCUT2D eigenvalue weighted by Crippen LogP contribution is 2.45. The summed E-state index contributed by atoms with van der Waals surface area (Å²) in [5.41, 5.74) is 1.18. The summed E-state index contributed by atoms with van der Waals surface area (Å²) in [5.74, 6) is -7.97. The number of nitrogens with zero attached hydrogens (tertiary/aromatic N) is 1. The predicted octanol–water partition coefficient (Wildman–Crippen LogP) is 8.30. The van der Waals surface area contributed by atoms with Crippen molar-refractivity contribution in [1.29, 1.82) is 0 Å². The number of hydrogen-bond donors (Lipinski definition) is 2. The molecule has 1 heterocycles. The Morgan fingerprint density at radius 2 is 1.56 bits per heavy atom. The van der Waals surface area contributed by atoms with Crippen LogP contribution in [0.3, 0.4) is 0 Å². The zero-order valence-corrected chi connectivity index (χ0v) is 24.1. The number of carbonyl (C=O) groups is 2. The molecular weight excluding hydrogens is 589 g/mol. The molecule has 2 N–H and O–H groups in total. The SMILES string of the molecule is Cc1ccc(NC(=O)[C@H]2C[C@@H](C(F)(F)F)CN(C(=O)c3c(F)cccc3F)[C@H]2c2ccc(NC3CCCC3)cc2)cc1Cl. The van der Waals surface area contributed by atoms with Gasteiger partial charge in [0, 0.05) is 29.0 Å². The van der Waals surface area contributed by atoms with Gasteiger partial charge in [0.25, 0.3) is 5.91 Å². The lowest BCUT2D eigenvalue weighted by atomic mass is 9.78. The van der Waals surface area contributed by atoms with Gasteiger partial charge in [0.2, 0.25) is 5.91 Å². The van der Waals surface area contributed by atoms with Crippen molar-refractivity contribution in [2.24, 2.45) is 11.8 Å². The molecule has 5 rings (SSSR count). The molecular formula is C32H31ClF5N3O2. The first-order valence-electron chi connectivity index (χ1n) is 14.2. The summed E-state index contributed by atoms with van der Waals surface area (Å²) in [6, 6.07) is 13.3. The van der Waals surface area contributed by atoms with Crippen molar-refractivity contribution in [2.45, 2.75) is 57.3 Å². The number of anilines is 2. The Kier molecular flexibility index (Phi) is 8.96. The molecule has 2 fully saturated rings. The quantitative estimate of drug-likeness (QED) is 0.273. The normalized spacial score (nSPS) is 21.1. The van der Waals surface area contributed by atoms with Gasteiger partial charge in [-0.1, -0.05) is 48.7 Å². The minimum Gasteiger partial charge on any atom is -0.382 e. The number of benzene rings is 3. The number of piperidine rings is 1. The lowest BCUT2D eigenvalue weighted by Crippen LogP contribution is -2.52. The van der Waals surface area contributed by atoms with E-state index in [0.717, 1.165) is 60.0 Å². The van der Waals surface area contributed by atoms with Crippen molar-refractivity contribution in [2.75, 3.05) is 17.2 Å². The molecule has 1 aliphatic carbocycles. The summed E-state index contributed by atoms with van der Waals surface area (Å²) < 4.78 is 72.2. The lowest BCUT2D eigenvalue weighted by Gasteiger charge is -2.44. The molecule has 228 valence electrons. The lowest BCUT2D eigenvalue weighted by molar-refractivity contribution is -0.193. The average molecular weight is 620 g/mol. The number of amides is 2. The number of rotatable bonds is 6. The van der Waals surface area contributed by atoms with Gasteiger partial charge in [-0.2, -0.15) is 13.2 Å². The Balaban J connectivity index is 1.56. The zero-order valence-electron chi connectivity index (χ0n) is 23.4. The largest absolute Gasteiger partial charge is 0.393 e. The summed E-state index contributed by atoms with van der Waals surface area (Å²) in [4.78, 5) is 28.2. The van der Waals surface area contributed by atoms with Crippen molar-refractivity contribution < 1.29 is 31.5 Å². The fraction of sp³-hybridized carbons (Fsp3) is 0.375. The number of nitrogens with one attached hydrogen (secondary N) is 2. The molecule has 1 saturated heterocycles. The van der Waals surface area contributed by atoms with Crippen molar-refractivity contribution in [3.63, 3.8) is 0 Å². The monoisotopic (exact) mass is 619 g/mol. The van der Waals surface area contributed by atoms with Crippen LogP contribution in [0.15, 0.2) is 60.7 Å². The van der Waals surface area contributed by atoms with Crippen molar-refractivity contribution in [1.82, 2.24) is 4.90 Å². The van der Waals surface area contributed by atoms with Crippen LogP contribution in [0.5, 0.6) is 0 Å². The Morgan fingerprint density at radius 3 is 2.16 bits per heavy atom. The van der Waals surface area contributed by atoms with E-state index in [1.807, 2.05) is 0 Å². The molecule has 3 atom stereocenters. The van der Waals surface area contributed by atoms with Crippen molar-refractivity contribution >= 4 is 34.8 Å². The highest BCUT2D eigenvalue weighted by atomic mass is 35.5. The topological polar surface area (TPSA) is 61.4 Å². The van der Waals surface area contributed by atoms with Gasteiger partial charge in [0.05, 0.1) is 17.9 Å². The van der Waals surface area contributed by atoms with E-state index in [-0.39, 0.29) is 5.69 Å². The second-order valence-electron chi connectivity index (χ2n) is 11.3. The third-order valence-corrected chi connectivity index (χ3v) is 8.73. The van der Waals surface area contributed by atoms with Crippen LogP contribution in [0.25, 0.3) is 0 Å². The maximum absolute atomic E-state index is 14.8. The summed E-state index contributed by atoms with van der Waals surface area (Å²) in [5, 5.41) is 6.42. The minimum absolute atomic E-state index is 0.266. The van der Waals surface area contributed by atoms with Gasteiger partial charge < -0.3 is 15.5 Å². The number of aryl methyl sites for hydroxylation is 1. The van der Waals surface area contributed by atoms with Crippen LogP contribution >= 0.6 is 11.6 Å². The molecule has 1 saturated carbocycles. The first kappa shape index (κ1) is 30.8. The van der Waals surface area contributed by atoms with E-state index in [9.17, 15) is 31.5 Å². The van der Waals surface area contributed by atoms with Crippen molar-refractivity contribution in [3.8, 4) is 0 Å². The van der Waals surface area contributed by atoms with Gasteiger partial charge >= 0.3 is 6.18 Å². The van der Waals surface area contributed by atoms with Gasteiger partial charge in [-0.05, 0) is 73.7 Å². The number of carbonyl (C=O) groups excluding carboxylic acids is 2. The number of halogens is 6. The second-order valence-corrected chi connectivity index (χ2v) is 11.7. The van der Waals surface area contributed by atoms with Gasteiger partial charge in [0.15, 0.2) is 0 Å². The van der Waals surface area contributed by atoms with E-state index in [0.29, 0.717) is 16.6 Å². The van der Waals surface area contributed by atoms with E-state index in [4.69, 9.17) is 11.6 Å². The van der Waals surface area contributed by atoms with E-state index >= 15 is 0 Å². The maximum Gasteiger partial charge on any atom is 0.393 e. The van der Waals surface area contributed by atoms with Crippen molar-refractivity contribution in [3.05, 3.63) is 94.0 Å². The summed E-state index contributed by atoms with van der Waals surface area (Å²) >= 11 is 6.20. The van der Waals surface area contributed by atoms with Crippen LogP contribution in [0.4, 0.5) is 33.3 Å². The zero-order chi connectivity index (χ0) is 30.9. The van der Waals surface area contributed by atoms with Gasteiger partial charge in [0.1, 0.15) is 17.2 Å². The first-order valence-corrected chi connectivity index (χ1v) is 14.6. The van der Waals surface area contributed by atoms with Crippen LogP contribution in [0.1, 0.15) is 59.6 Å². The molecule has 11 heteroatoms. The van der Waals surface area contributed by atoms with E-state index in [1.165, 1.54) is 6.07 Å². The molecule has 3 aromatic carbocycles. The molecule has 2 amide bonds. The van der Waals surface area contributed by atoms with Crippen LogP contribution in [-0.2, 0) is 4.79 Å². The molecule has 0 spiro atoms. The van der Waals surface area contributed by atoms with Gasteiger partial charge in [-0.25, -0.2) is 8.78 Å². The predicted molar refractivity (Wildman–Crippen MR) is 155 cm³/mol. The van der Waals surface area contributed by atoms with Crippen LogP contribution in [-0.4, -0.2) is 35.5 Å². The van der Waals surface area contributed by atoms with Crippen LogP contribution in [0, 0.1) is 30.4 Å². The van der Waals surface area contributed by atoms with E-state index < -0.39 is 66.0 Å². The third kappa shape index (κ3) is 6.79. The Morgan fingerprint density at radius 1 is 0.930 bits per heavy atom. The number of likely N-dealkylation sites (tertiary alicyclic amines) is 1. The molecule has 0 unspecified atom stereocenters. The third-order valence-electron chi connectivity index (χ3n) is 8.33. The number of alkyl halides is 3. The van der Waals surface area contributed by atoms with Gasteiger partial charge in [-0.3, -0.25) is 9.59 Å². The highest BCUT2D eigenvalue weighted by molar-refractivity contribution is 6.31. The molecule has 2 aliphatic rings. The maximum atomic E-state index is 14.8. The minimum atomic E-state index is -4.78. The molecule has 0 radical (unpaired) electrons. The molecule has 3 aromatic rings. The van der Waals surface area contributed by atoms with Gasteiger partial charge in [-0.15, -0.1) is 0 Å². The summed E-state index contributed by atoms with van der Waals surface area (Å²) in [6.45, 7) is 0.887. The second kappa shape index (κ2) is 12.5. The first-order chi connectivity index (χ1) is 20.4. The Labute approximate surface area is 251 Å². The van der Waals surface area contributed by atoms with Crippen LogP contribution < -0.4 is 10.6 Å². The fourth-order valence-corrected chi connectivity index (χ4v) is 6.20.